The summed E-state index contributed by atoms with van der Waals surface area (Å²) in [5.41, 5.74) is 7.08. The Kier molecular flexibility index (Phi) is 5.05. The predicted molar refractivity (Wildman–Crippen MR) is 82.6 cm³/mol. The highest BCUT2D eigenvalue weighted by Crippen LogP contribution is 2.20. The summed E-state index contributed by atoms with van der Waals surface area (Å²) in [4.78, 5) is 16.4. The molecule has 21 heavy (non-hydrogen) atoms. The largest absolute Gasteiger partial charge is 0.330 e. The predicted octanol–water partition coefficient (Wildman–Crippen LogP) is 2.09. The number of rotatable bonds is 6. The van der Waals surface area contributed by atoms with E-state index in [2.05, 4.69) is 20.5 Å². The molecule has 1 heterocycles. The van der Waals surface area contributed by atoms with Gasteiger partial charge < -0.3 is 11.1 Å². The maximum atomic E-state index is 12.1. The molecule has 1 aromatic heterocycles. The lowest BCUT2D eigenvalue weighted by molar-refractivity contribution is -0.119. The highest BCUT2D eigenvalue weighted by atomic mass is 16.1. The normalized spacial score (nSPS) is 12.1. The fourth-order valence-electron chi connectivity index (χ4n) is 2.03. The zero-order chi connectivity index (χ0) is 15.2. The van der Waals surface area contributed by atoms with Gasteiger partial charge in [0.1, 0.15) is 5.82 Å². The second kappa shape index (κ2) is 6.99. The minimum absolute atomic E-state index is 0.00627. The Morgan fingerprint density at radius 2 is 2.29 bits per heavy atom. The van der Waals surface area contributed by atoms with Crippen molar-refractivity contribution in [3.05, 3.63) is 30.1 Å². The van der Waals surface area contributed by atoms with Crippen molar-refractivity contribution in [2.24, 2.45) is 11.7 Å². The Morgan fingerprint density at radius 3 is 2.95 bits per heavy atom. The van der Waals surface area contributed by atoms with E-state index in [-0.39, 0.29) is 11.8 Å². The zero-order valence-electron chi connectivity index (χ0n) is 12.4. The molecule has 0 aliphatic heterocycles. The van der Waals surface area contributed by atoms with Crippen LogP contribution < -0.4 is 11.1 Å². The van der Waals surface area contributed by atoms with Crippen LogP contribution in [-0.4, -0.2) is 27.6 Å². The summed E-state index contributed by atoms with van der Waals surface area (Å²) >= 11 is 0. The SMILES string of the molecule is Cc1nc(-c2cccc(NC(=O)C(C)CCCN)c2)n[nH]1. The van der Waals surface area contributed by atoms with Crippen LogP contribution in [0.4, 0.5) is 5.69 Å². The number of carbonyl (C=O) groups excluding carboxylic acids is 1. The van der Waals surface area contributed by atoms with E-state index in [4.69, 9.17) is 5.73 Å². The van der Waals surface area contributed by atoms with E-state index in [1.54, 1.807) is 0 Å². The number of aromatic nitrogens is 3. The molecule has 6 heteroatoms. The molecule has 2 rings (SSSR count). The third-order valence-corrected chi connectivity index (χ3v) is 3.27. The van der Waals surface area contributed by atoms with Gasteiger partial charge in [-0.25, -0.2) is 4.98 Å². The van der Waals surface area contributed by atoms with Crippen LogP contribution in [0.25, 0.3) is 11.4 Å². The molecule has 0 bridgehead atoms. The Labute approximate surface area is 124 Å². The van der Waals surface area contributed by atoms with Gasteiger partial charge in [-0.05, 0) is 38.4 Å². The molecule has 0 fully saturated rings. The molecule has 0 aliphatic carbocycles. The van der Waals surface area contributed by atoms with Crippen LogP contribution in [0.1, 0.15) is 25.6 Å². The fraction of sp³-hybridized carbons (Fsp3) is 0.400. The van der Waals surface area contributed by atoms with Gasteiger partial charge in [-0.15, -0.1) is 0 Å². The molecule has 0 saturated carbocycles. The quantitative estimate of drug-likeness (QED) is 0.758. The van der Waals surface area contributed by atoms with E-state index in [1.807, 2.05) is 38.1 Å². The number of nitrogens with one attached hydrogen (secondary N) is 2. The summed E-state index contributed by atoms with van der Waals surface area (Å²) in [5.74, 6) is 1.34. The summed E-state index contributed by atoms with van der Waals surface area (Å²) in [6, 6.07) is 7.52. The summed E-state index contributed by atoms with van der Waals surface area (Å²) in [5, 5.41) is 9.85. The number of aromatic amines is 1. The third-order valence-electron chi connectivity index (χ3n) is 3.27. The molecule has 0 aliphatic rings. The van der Waals surface area contributed by atoms with Crippen molar-refractivity contribution in [1.29, 1.82) is 0 Å². The molecule has 0 radical (unpaired) electrons. The van der Waals surface area contributed by atoms with Crippen molar-refractivity contribution >= 4 is 11.6 Å². The van der Waals surface area contributed by atoms with Gasteiger partial charge in [-0.2, -0.15) is 5.10 Å². The fourth-order valence-corrected chi connectivity index (χ4v) is 2.03. The average Bonchev–Trinajstić information content (AvgIpc) is 2.91. The Morgan fingerprint density at radius 1 is 1.48 bits per heavy atom. The van der Waals surface area contributed by atoms with Gasteiger partial charge >= 0.3 is 0 Å². The van der Waals surface area contributed by atoms with E-state index >= 15 is 0 Å². The van der Waals surface area contributed by atoms with Crippen molar-refractivity contribution in [3.63, 3.8) is 0 Å². The van der Waals surface area contributed by atoms with Gasteiger partial charge in [0, 0.05) is 17.2 Å². The molecule has 1 unspecified atom stereocenters. The first-order valence-electron chi connectivity index (χ1n) is 7.10. The van der Waals surface area contributed by atoms with E-state index in [0.717, 1.165) is 29.9 Å². The van der Waals surface area contributed by atoms with Crippen LogP contribution >= 0.6 is 0 Å². The molecular formula is C15H21N5O. The van der Waals surface area contributed by atoms with Crippen LogP contribution in [0, 0.1) is 12.8 Å². The summed E-state index contributed by atoms with van der Waals surface area (Å²) in [6.45, 7) is 4.37. The number of nitrogens with two attached hydrogens (primary N) is 1. The number of hydrogen-bond donors (Lipinski definition) is 3. The Balaban J connectivity index is 2.06. The van der Waals surface area contributed by atoms with Crippen LogP contribution in [0.2, 0.25) is 0 Å². The number of hydrogen-bond acceptors (Lipinski definition) is 4. The lowest BCUT2D eigenvalue weighted by Crippen LogP contribution is -2.21. The van der Waals surface area contributed by atoms with Crippen LogP contribution in [0.3, 0.4) is 0 Å². The van der Waals surface area contributed by atoms with Gasteiger partial charge in [0.15, 0.2) is 5.82 Å². The first-order chi connectivity index (χ1) is 10.1. The Bertz CT molecular complexity index is 608. The van der Waals surface area contributed by atoms with E-state index < -0.39 is 0 Å². The average molecular weight is 287 g/mol. The second-order valence-corrected chi connectivity index (χ2v) is 5.15. The van der Waals surface area contributed by atoms with Crippen molar-refractivity contribution in [2.75, 3.05) is 11.9 Å². The maximum Gasteiger partial charge on any atom is 0.227 e. The maximum absolute atomic E-state index is 12.1. The minimum atomic E-state index is -0.0528. The molecule has 1 aromatic carbocycles. The van der Waals surface area contributed by atoms with Crippen molar-refractivity contribution in [2.45, 2.75) is 26.7 Å². The van der Waals surface area contributed by atoms with Gasteiger partial charge in [-0.3, -0.25) is 9.89 Å². The van der Waals surface area contributed by atoms with E-state index in [0.29, 0.717) is 12.4 Å². The monoisotopic (exact) mass is 287 g/mol. The highest BCUT2D eigenvalue weighted by Gasteiger charge is 2.13. The topological polar surface area (TPSA) is 96.7 Å². The molecule has 0 saturated heterocycles. The second-order valence-electron chi connectivity index (χ2n) is 5.15. The minimum Gasteiger partial charge on any atom is -0.330 e. The van der Waals surface area contributed by atoms with Gasteiger partial charge in [0.25, 0.3) is 0 Å². The van der Waals surface area contributed by atoms with Crippen LogP contribution in [-0.2, 0) is 4.79 Å². The first kappa shape index (κ1) is 15.2. The number of H-pyrrole nitrogens is 1. The number of anilines is 1. The summed E-state index contributed by atoms with van der Waals surface area (Å²) in [6.07, 6.45) is 1.65. The number of benzene rings is 1. The van der Waals surface area contributed by atoms with E-state index in [9.17, 15) is 4.79 Å². The summed E-state index contributed by atoms with van der Waals surface area (Å²) in [7, 11) is 0. The van der Waals surface area contributed by atoms with Gasteiger partial charge in [-0.1, -0.05) is 19.1 Å². The van der Waals surface area contributed by atoms with E-state index in [1.165, 1.54) is 0 Å². The number of nitrogens with zero attached hydrogens (tertiary/aromatic N) is 2. The number of aryl methyl sites for hydroxylation is 1. The molecule has 112 valence electrons. The van der Waals surface area contributed by atoms with Gasteiger partial charge in [0.05, 0.1) is 0 Å². The Hall–Kier alpha value is -2.21. The number of amides is 1. The van der Waals surface area contributed by atoms with Crippen LogP contribution in [0.15, 0.2) is 24.3 Å². The molecule has 1 amide bonds. The molecule has 4 N–H and O–H groups in total. The lowest BCUT2D eigenvalue weighted by Gasteiger charge is -2.12. The van der Waals surface area contributed by atoms with Crippen molar-refractivity contribution < 1.29 is 4.79 Å². The summed E-state index contributed by atoms with van der Waals surface area (Å²) < 4.78 is 0. The highest BCUT2D eigenvalue weighted by molar-refractivity contribution is 5.92. The van der Waals surface area contributed by atoms with Crippen molar-refractivity contribution in [3.8, 4) is 11.4 Å². The van der Waals surface area contributed by atoms with Crippen molar-refractivity contribution in [1.82, 2.24) is 15.2 Å². The number of carbonyl (C=O) groups is 1. The van der Waals surface area contributed by atoms with Crippen LogP contribution in [0.5, 0.6) is 0 Å². The molecule has 6 nitrogen and oxygen atoms in total. The standard InChI is InChI=1S/C15H21N5O/c1-10(5-4-8-16)15(21)18-13-7-3-6-12(9-13)14-17-11(2)19-20-14/h3,6-7,9-10H,4-5,8,16H2,1-2H3,(H,18,21)(H,17,19,20). The molecule has 0 spiro atoms. The van der Waals surface area contributed by atoms with Gasteiger partial charge in [0.2, 0.25) is 5.91 Å². The molecule has 2 aromatic rings. The smallest absolute Gasteiger partial charge is 0.227 e. The third kappa shape index (κ3) is 4.13. The first-order valence-corrected chi connectivity index (χ1v) is 7.10. The zero-order valence-corrected chi connectivity index (χ0v) is 12.4. The lowest BCUT2D eigenvalue weighted by atomic mass is 10.0. The molecule has 1 atom stereocenters. The molecular weight excluding hydrogens is 266 g/mol.